The molecule has 0 heterocycles. The third-order valence-corrected chi connectivity index (χ3v) is 2.58. The van der Waals surface area contributed by atoms with Crippen LogP contribution >= 0.6 is 12.4 Å². The van der Waals surface area contributed by atoms with E-state index in [0.717, 1.165) is 29.7 Å². The van der Waals surface area contributed by atoms with Crippen molar-refractivity contribution in [2.45, 2.75) is 25.8 Å². The Labute approximate surface area is 104 Å². The molecular weight excluding hydrogens is 224 g/mol. The predicted octanol–water partition coefficient (Wildman–Crippen LogP) is 2.16. The summed E-state index contributed by atoms with van der Waals surface area (Å²) in [6, 6.07) is 6.16. The SMILES string of the molecule is COc1cc([C@H](N)CCCN)ccc1C.Cl. The van der Waals surface area contributed by atoms with Crippen molar-refractivity contribution >= 4 is 12.4 Å². The summed E-state index contributed by atoms with van der Waals surface area (Å²) in [5, 5.41) is 0. The minimum atomic E-state index is 0. The van der Waals surface area contributed by atoms with Crippen LogP contribution in [0.15, 0.2) is 18.2 Å². The molecule has 1 aromatic rings. The van der Waals surface area contributed by atoms with Crippen molar-refractivity contribution in [3.63, 3.8) is 0 Å². The van der Waals surface area contributed by atoms with Gasteiger partial charge >= 0.3 is 0 Å². The second-order valence-electron chi connectivity index (χ2n) is 3.77. The summed E-state index contributed by atoms with van der Waals surface area (Å²) in [4.78, 5) is 0. The molecule has 16 heavy (non-hydrogen) atoms. The monoisotopic (exact) mass is 244 g/mol. The van der Waals surface area contributed by atoms with E-state index in [1.54, 1.807) is 7.11 Å². The topological polar surface area (TPSA) is 61.3 Å². The van der Waals surface area contributed by atoms with Crippen molar-refractivity contribution in [1.82, 2.24) is 0 Å². The molecule has 0 aliphatic heterocycles. The van der Waals surface area contributed by atoms with Crippen molar-refractivity contribution in [1.29, 1.82) is 0 Å². The second kappa shape index (κ2) is 7.49. The van der Waals surface area contributed by atoms with Gasteiger partial charge in [-0.1, -0.05) is 12.1 Å². The molecule has 0 radical (unpaired) electrons. The van der Waals surface area contributed by atoms with Crippen LogP contribution in [0.5, 0.6) is 5.75 Å². The summed E-state index contributed by atoms with van der Waals surface area (Å²) in [7, 11) is 1.68. The molecule has 1 aromatic carbocycles. The first-order chi connectivity index (χ1) is 7.19. The number of benzene rings is 1. The fourth-order valence-electron chi connectivity index (χ4n) is 1.57. The summed E-state index contributed by atoms with van der Waals surface area (Å²) in [5.41, 5.74) is 13.7. The first-order valence-electron chi connectivity index (χ1n) is 5.29. The molecule has 0 aliphatic carbocycles. The lowest BCUT2D eigenvalue weighted by atomic mass is 10.0. The summed E-state index contributed by atoms with van der Waals surface area (Å²) >= 11 is 0. The number of halogens is 1. The number of aryl methyl sites for hydroxylation is 1. The van der Waals surface area contributed by atoms with Crippen molar-refractivity contribution < 1.29 is 4.74 Å². The maximum absolute atomic E-state index is 6.04. The molecule has 0 amide bonds. The zero-order valence-corrected chi connectivity index (χ0v) is 10.7. The van der Waals surface area contributed by atoms with Gasteiger partial charge in [-0.15, -0.1) is 12.4 Å². The Hall–Kier alpha value is -0.770. The Balaban J connectivity index is 0.00000225. The van der Waals surface area contributed by atoms with Crippen molar-refractivity contribution in [3.8, 4) is 5.75 Å². The number of hydrogen-bond donors (Lipinski definition) is 2. The van der Waals surface area contributed by atoms with Gasteiger partial charge in [0, 0.05) is 6.04 Å². The van der Waals surface area contributed by atoms with E-state index in [1.807, 2.05) is 19.1 Å². The molecular formula is C12H21ClN2O. The molecule has 0 saturated heterocycles. The Kier molecular flexibility index (Phi) is 7.13. The average Bonchev–Trinajstić information content (AvgIpc) is 2.26. The molecule has 0 bridgehead atoms. The van der Waals surface area contributed by atoms with Gasteiger partial charge in [0.15, 0.2) is 0 Å². The van der Waals surface area contributed by atoms with Crippen LogP contribution in [0.1, 0.15) is 30.0 Å². The average molecular weight is 245 g/mol. The molecule has 92 valence electrons. The molecule has 1 atom stereocenters. The van der Waals surface area contributed by atoms with Gasteiger partial charge < -0.3 is 16.2 Å². The molecule has 3 nitrogen and oxygen atoms in total. The number of nitrogens with two attached hydrogens (primary N) is 2. The van der Waals surface area contributed by atoms with Crippen LogP contribution < -0.4 is 16.2 Å². The highest BCUT2D eigenvalue weighted by atomic mass is 35.5. The minimum Gasteiger partial charge on any atom is -0.496 e. The van der Waals surface area contributed by atoms with E-state index >= 15 is 0 Å². The maximum atomic E-state index is 6.04. The van der Waals surface area contributed by atoms with Crippen LogP contribution in [0.25, 0.3) is 0 Å². The fraction of sp³-hybridized carbons (Fsp3) is 0.500. The van der Waals surface area contributed by atoms with Crippen molar-refractivity contribution in [2.24, 2.45) is 11.5 Å². The summed E-state index contributed by atoms with van der Waals surface area (Å²) < 4.78 is 5.26. The van der Waals surface area contributed by atoms with Crippen LogP contribution in [0.4, 0.5) is 0 Å². The molecule has 0 fully saturated rings. The van der Waals surface area contributed by atoms with Crippen LogP contribution in [-0.4, -0.2) is 13.7 Å². The van der Waals surface area contributed by atoms with Gasteiger partial charge in [-0.25, -0.2) is 0 Å². The van der Waals surface area contributed by atoms with E-state index in [-0.39, 0.29) is 18.4 Å². The molecule has 0 saturated carbocycles. The van der Waals surface area contributed by atoms with E-state index in [2.05, 4.69) is 6.07 Å². The van der Waals surface area contributed by atoms with Gasteiger partial charge in [-0.2, -0.15) is 0 Å². The van der Waals surface area contributed by atoms with E-state index in [0.29, 0.717) is 6.54 Å². The van der Waals surface area contributed by atoms with E-state index in [9.17, 15) is 0 Å². The molecule has 0 aromatic heterocycles. The summed E-state index contributed by atoms with van der Waals surface area (Å²) in [6.45, 7) is 2.71. The number of rotatable bonds is 5. The Morgan fingerprint density at radius 3 is 2.62 bits per heavy atom. The van der Waals surface area contributed by atoms with Crippen molar-refractivity contribution in [2.75, 3.05) is 13.7 Å². The standard InChI is InChI=1S/C12H20N2O.ClH/c1-9-5-6-10(8-12(9)15-2)11(14)4-3-7-13;/h5-6,8,11H,3-4,7,13-14H2,1-2H3;1H/t11-;/m1./s1. The van der Waals surface area contributed by atoms with E-state index in [4.69, 9.17) is 16.2 Å². The molecule has 0 aliphatic rings. The predicted molar refractivity (Wildman–Crippen MR) is 70.2 cm³/mol. The van der Waals surface area contributed by atoms with Crippen LogP contribution in [-0.2, 0) is 0 Å². The summed E-state index contributed by atoms with van der Waals surface area (Å²) in [6.07, 6.45) is 1.88. The highest BCUT2D eigenvalue weighted by Crippen LogP contribution is 2.23. The minimum absolute atomic E-state index is 0. The highest BCUT2D eigenvalue weighted by molar-refractivity contribution is 5.85. The second-order valence-corrected chi connectivity index (χ2v) is 3.77. The van der Waals surface area contributed by atoms with Gasteiger partial charge in [-0.3, -0.25) is 0 Å². The third kappa shape index (κ3) is 4.00. The van der Waals surface area contributed by atoms with Crippen LogP contribution in [0, 0.1) is 6.92 Å². The Bertz CT molecular complexity index is 318. The Morgan fingerprint density at radius 2 is 2.06 bits per heavy atom. The third-order valence-electron chi connectivity index (χ3n) is 2.58. The van der Waals surface area contributed by atoms with Crippen LogP contribution in [0.3, 0.4) is 0 Å². The largest absolute Gasteiger partial charge is 0.496 e. The molecule has 4 heteroatoms. The fourth-order valence-corrected chi connectivity index (χ4v) is 1.57. The molecule has 1 rings (SSSR count). The number of ether oxygens (including phenoxy) is 1. The quantitative estimate of drug-likeness (QED) is 0.835. The first kappa shape index (κ1) is 15.2. The van der Waals surface area contributed by atoms with Gasteiger partial charge in [0.05, 0.1) is 7.11 Å². The normalized spacial score (nSPS) is 11.8. The molecule has 0 unspecified atom stereocenters. The van der Waals surface area contributed by atoms with Gasteiger partial charge in [-0.05, 0) is 43.5 Å². The number of hydrogen-bond acceptors (Lipinski definition) is 3. The van der Waals surface area contributed by atoms with Gasteiger partial charge in [0.25, 0.3) is 0 Å². The van der Waals surface area contributed by atoms with Gasteiger partial charge in [0.2, 0.25) is 0 Å². The van der Waals surface area contributed by atoms with Gasteiger partial charge in [0.1, 0.15) is 5.75 Å². The lowest BCUT2D eigenvalue weighted by Crippen LogP contribution is -2.12. The van der Waals surface area contributed by atoms with E-state index < -0.39 is 0 Å². The maximum Gasteiger partial charge on any atom is 0.122 e. The zero-order valence-electron chi connectivity index (χ0n) is 9.90. The van der Waals surface area contributed by atoms with E-state index in [1.165, 1.54) is 0 Å². The Morgan fingerprint density at radius 1 is 1.38 bits per heavy atom. The lowest BCUT2D eigenvalue weighted by molar-refractivity contribution is 0.410. The first-order valence-corrected chi connectivity index (χ1v) is 5.29. The lowest BCUT2D eigenvalue weighted by Gasteiger charge is -2.13. The van der Waals surface area contributed by atoms with Crippen LogP contribution in [0.2, 0.25) is 0 Å². The highest BCUT2D eigenvalue weighted by Gasteiger charge is 2.07. The number of methoxy groups -OCH3 is 1. The molecule has 0 spiro atoms. The van der Waals surface area contributed by atoms with Crippen molar-refractivity contribution in [3.05, 3.63) is 29.3 Å². The molecule has 4 N–H and O–H groups in total. The smallest absolute Gasteiger partial charge is 0.122 e. The summed E-state index contributed by atoms with van der Waals surface area (Å²) in [5.74, 6) is 0.899. The zero-order chi connectivity index (χ0) is 11.3.